The zero-order chi connectivity index (χ0) is 16.0. The van der Waals surface area contributed by atoms with Crippen LogP contribution < -0.4 is 0 Å². The van der Waals surface area contributed by atoms with E-state index in [0.29, 0.717) is 10.6 Å². The van der Waals surface area contributed by atoms with Crippen LogP contribution >= 0.6 is 0 Å². The average Bonchev–Trinajstić information content (AvgIpc) is 3.11. The molecule has 1 aliphatic rings. The van der Waals surface area contributed by atoms with Crippen molar-refractivity contribution in [1.29, 1.82) is 0 Å². The highest BCUT2D eigenvalue weighted by molar-refractivity contribution is 6.21. The highest BCUT2D eigenvalue weighted by Gasteiger charge is 2.38. The SMILES string of the molecule is O=C(ON1C(=O)c2ccccc2C1=O)c1cc2cnccc2[nH]1. The van der Waals surface area contributed by atoms with Gasteiger partial charge in [0.05, 0.1) is 11.1 Å². The summed E-state index contributed by atoms with van der Waals surface area (Å²) in [4.78, 5) is 48.3. The van der Waals surface area contributed by atoms with Crippen LogP contribution in [-0.4, -0.2) is 32.8 Å². The van der Waals surface area contributed by atoms with Crippen LogP contribution in [0.1, 0.15) is 31.2 Å². The average molecular weight is 307 g/mol. The number of carbonyl (C=O) groups excluding carboxylic acids is 3. The van der Waals surface area contributed by atoms with E-state index in [1.807, 2.05) is 0 Å². The molecular formula is C16H9N3O4. The van der Waals surface area contributed by atoms with Crippen LogP contribution in [-0.2, 0) is 4.84 Å². The summed E-state index contributed by atoms with van der Waals surface area (Å²) in [5.41, 5.74) is 1.26. The first-order chi connectivity index (χ1) is 11.1. The Morgan fingerprint density at radius 3 is 2.43 bits per heavy atom. The van der Waals surface area contributed by atoms with Gasteiger partial charge in [0.25, 0.3) is 11.8 Å². The lowest BCUT2D eigenvalue weighted by Gasteiger charge is -2.11. The molecule has 0 unspecified atom stereocenters. The predicted molar refractivity (Wildman–Crippen MR) is 78.5 cm³/mol. The maximum absolute atomic E-state index is 12.2. The van der Waals surface area contributed by atoms with Crippen molar-refractivity contribution in [3.63, 3.8) is 0 Å². The van der Waals surface area contributed by atoms with Crippen LogP contribution in [0.5, 0.6) is 0 Å². The molecule has 0 atom stereocenters. The number of hydroxylamine groups is 2. The van der Waals surface area contributed by atoms with Gasteiger partial charge in [0.2, 0.25) is 0 Å². The summed E-state index contributed by atoms with van der Waals surface area (Å²) >= 11 is 0. The van der Waals surface area contributed by atoms with Crippen molar-refractivity contribution >= 4 is 28.7 Å². The minimum Gasteiger partial charge on any atom is -0.349 e. The van der Waals surface area contributed by atoms with Gasteiger partial charge in [0, 0.05) is 23.3 Å². The fourth-order valence-corrected chi connectivity index (χ4v) is 2.46. The van der Waals surface area contributed by atoms with Gasteiger partial charge < -0.3 is 9.82 Å². The fourth-order valence-electron chi connectivity index (χ4n) is 2.46. The Morgan fingerprint density at radius 2 is 1.78 bits per heavy atom. The van der Waals surface area contributed by atoms with E-state index in [-0.39, 0.29) is 16.8 Å². The molecule has 1 aromatic carbocycles. The van der Waals surface area contributed by atoms with E-state index >= 15 is 0 Å². The number of amides is 2. The number of carbonyl (C=O) groups is 3. The molecule has 4 rings (SSSR count). The molecule has 0 saturated carbocycles. The first-order valence-electron chi connectivity index (χ1n) is 6.78. The Labute approximate surface area is 129 Å². The predicted octanol–water partition coefficient (Wildman–Crippen LogP) is 1.93. The number of benzene rings is 1. The summed E-state index contributed by atoms with van der Waals surface area (Å²) in [5.74, 6) is -2.14. The minimum absolute atomic E-state index is 0.129. The summed E-state index contributed by atoms with van der Waals surface area (Å²) in [5, 5.41) is 1.21. The summed E-state index contributed by atoms with van der Waals surface area (Å²) in [7, 11) is 0. The second-order valence-corrected chi connectivity index (χ2v) is 4.97. The van der Waals surface area contributed by atoms with Crippen molar-refractivity contribution < 1.29 is 19.2 Å². The summed E-state index contributed by atoms with van der Waals surface area (Å²) < 4.78 is 0. The minimum atomic E-state index is -0.823. The maximum atomic E-state index is 12.2. The largest absolute Gasteiger partial charge is 0.380 e. The van der Waals surface area contributed by atoms with E-state index in [2.05, 4.69) is 9.97 Å². The number of nitrogens with zero attached hydrogens (tertiary/aromatic N) is 2. The summed E-state index contributed by atoms with van der Waals surface area (Å²) in [6.07, 6.45) is 3.17. The Bertz CT molecular complexity index is 908. The van der Waals surface area contributed by atoms with E-state index < -0.39 is 17.8 Å². The van der Waals surface area contributed by atoms with Crippen LogP contribution in [0, 0.1) is 0 Å². The van der Waals surface area contributed by atoms with Crippen LogP contribution in [0.25, 0.3) is 10.9 Å². The second-order valence-electron chi connectivity index (χ2n) is 4.97. The monoisotopic (exact) mass is 307 g/mol. The third-order valence-corrected chi connectivity index (χ3v) is 3.57. The lowest BCUT2D eigenvalue weighted by Crippen LogP contribution is -2.32. The molecule has 3 aromatic rings. The number of fused-ring (bicyclic) bond motifs is 2. The molecule has 3 heterocycles. The molecule has 2 aromatic heterocycles. The summed E-state index contributed by atoms with van der Waals surface area (Å²) in [6.45, 7) is 0. The van der Waals surface area contributed by atoms with Gasteiger partial charge in [-0.25, -0.2) is 4.79 Å². The van der Waals surface area contributed by atoms with Crippen LogP contribution in [0.15, 0.2) is 48.8 Å². The first-order valence-corrected chi connectivity index (χ1v) is 6.78. The molecule has 23 heavy (non-hydrogen) atoms. The molecule has 1 aliphatic heterocycles. The third-order valence-electron chi connectivity index (χ3n) is 3.57. The van der Waals surface area contributed by atoms with Gasteiger partial charge in [-0.05, 0) is 24.3 Å². The highest BCUT2D eigenvalue weighted by Crippen LogP contribution is 2.23. The van der Waals surface area contributed by atoms with Gasteiger partial charge in [-0.1, -0.05) is 17.2 Å². The zero-order valence-corrected chi connectivity index (χ0v) is 11.6. The molecule has 7 nitrogen and oxygen atoms in total. The molecule has 7 heteroatoms. The second kappa shape index (κ2) is 4.77. The maximum Gasteiger partial charge on any atom is 0.380 e. The van der Waals surface area contributed by atoms with Crippen molar-refractivity contribution in [1.82, 2.24) is 15.0 Å². The van der Waals surface area contributed by atoms with Gasteiger partial charge >= 0.3 is 5.97 Å². The summed E-state index contributed by atoms with van der Waals surface area (Å²) in [6, 6.07) is 9.55. The van der Waals surface area contributed by atoms with E-state index in [9.17, 15) is 14.4 Å². The smallest absolute Gasteiger partial charge is 0.349 e. The number of hydrogen-bond donors (Lipinski definition) is 1. The van der Waals surface area contributed by atoms with E-state index in [4.69, 9.17) is 4.84 Å². The van der Waals surface area contributed by atoms with Crippen molar-refractivity contribution in [3.8, 4) is 0 Å². The molecule has 0 fully saturated rings. The lowest BCUT2D eigenvalue weighted by molar-refractivity contribution is -0.0587. The number of pyridine rings is 1. The first kappa shape index (κ1) is 13.2. The van der Waals surface area contributed by atoms with Crippen molar-refractivity contribution in [2.45, 2.75) is 0 Å². The third kappa shape index (κ3) is 1.98. The van der Waals surface area contributed by atoms with Crippen molar-refractivity contribution in [3.05, 3.63) is 65.6 Å². The van der Waals surface area contributed by atoms with Gasteiger partial charge in [-0.3, -0.25) is 14.6 Å². The Balaban J connectivity index is 1.62. The van der Waals surface area contributed by atoms with E-state index in [0.717, 1.165) is 5.39 Å². The molecule has 0 aliphatic carbocycles. The molecule has 0 radical (unpaired) electrons. The molecular weight excluding hydrogens is 298 g/mol. The topological polar surface area (TPSA) is 92.4 Å². The van der Waals surface area contributed by atoms with E-state index in [1.54, 1.807) is 36.7 Å². The van der Waals surface area contributed by atoms with Gasteiger partial charge in [-0.2, -0.15) is 0 Å². The number of aromatic nitrogens is 2. The normalized spacial score (nSPS) is 13.5. The quantitative estimate of drug-likeness (QED) is 0.730. The number of H-pyrrole nitrogens is 1. The van der Waals surface area contributed by atoms with Gasteiger partial charge in [0.15, 0.2) is 0 Å². The van der Waals surface area contributed by atoms with Crippen LogP contribution in [0.2, 0.25) is 0 Å². The molecule has 0 spiro atoms. The Kier molecular flexibility index (Phi) is 2.74. The molecule has 112 valence electrons. The van der Waals surface area contributed by atoms with Crippen molar-refractivity contribution in [2.75, 3.05) is 0 Å². The standard InChI is InChI=1S/C16H9N3O4/c20-14-10-3-1-2-4-11(10)15(21)19(14)23-16(22)13-7-9-8-17-6-5-12(9)18-13/h1-8,18H. The fraction of sp³-hybridized carbons (Fsp3) is 0. The van der Waals surface area contributed by atoms with Crippen LogP contribution in [0.4, 0.5) is 0 Å². The Hall–Kier alpha value is -3.48. The van der Waals surface area contributed by atoms with Crippen molar-refractivity contribution in [2.24, 2.45) is 0 Å². The molecule has 0 saturated heterocycles. The number of nitrogens with one attached hydrogen (secondary N) is 1. The lowest BCUT2D eigenvalue weighted by atomic mass is 10.1. The van der Waals surface area contributed by atoms with E-state index in [1.165, 1.54) is 12.1 Å². The molecule has 0 bridgehead atoms. The molecule has 1 N–H and O–H groups in total. The number of hydrogen-bond acceptors (Lipinski definition) is 5. The van der Waals surface area contributed by atoms with Gasteiger partial charge in [-0.15, -0.1) is 0 Å². The highest BCUT2D eigenvalue weighted by atomic mass is 16.7. The number of imide groups is 1. The zero-order valence-electron chi connectivity index (χ0n) is 11.6. The van der Waals surface area contributed by atoms with Crippen LogP contribution in [0.3, 0.4) is 0 Å². The number of aromatic amines is 1. The number of rotatable bonds is 2. The van der Waals surface area contributed by atoms with Gasteiger partial charge in [0.1, 0.15) is 5.69 Å². The Morgan fingerprint density at radius 1 is 1.09 bits per heavy atom. The molecule has 2 amide bonds.